The van der Waals surface area contributed by atoms with E-state index in [9.17, 15) is 9.59 Å². The maximum absolute atomic E-state index is 14.2. The molecule has 41 heavy (non-hydrogen) atoms. The van der Waals surface area contributed by atoms with Crippen LogP contribution in [0.25, 0.3) is 16.8 Å². The molecule has 1 aliphatic rings. The van der Waals surface area contributed by atoms with E-state index in [1.54, 1.807) is 38.7 Å². The Bertz CT molecular complexity index is 1870. The molecule has 5 rings (SSSR count). The minimum Gasteiger partial charge on any atom is -0.496 e. The topological polar surface area (TPSA) is 88.4 Å². The summed E-state index contributed by atoms with van der Waals surface area (Å²) in [6.45, 7) is 6.09. The summed E-state index contributed by atoms with van der Waals surface area (Å²) in [5.41, 5.74) is 1.92. The van der Waals surface area contributed by atoms with E-state index in [4.69, 9.17) is 23.9 Å². The van der Waals surface area contributed by atoms with Crippen LogP contribution in [0.4, 0.5) is 0 Å². The van der Waals surface area contributed by atoms with E-state index in [2.05, 4.69) is 15.9 Å². The molecule has 4 aromatic rings. The number of halogens is 1. The first kappa shape index (κ1) is 28.6. The first-order chi connectivity index (χ1) is 19.8. The number of aromatic nitrogens is 1. The fourth-order valence-corrected chi connectivity index (χ4v) is 6.51. The molecule has 2 heterocycles. The van der Waals surface area contributed by atoms with Gasteiger partial charge in [-0.1, -0.05) is 57.6 Å². The second-order valence-corrected chi connectivity index (χ2v) is 11.0. The van der Waals surface area contributed by atoms with Crippen LogP contribution in [0.5, 0.6) is 17.2 Å². The summed E-state index contributed by atoms with van der Waals surface area (Å²) >= 11 is 4.85. The van der Waals surface area contributed by atoms with Crippen molar-refractivity contribution in [2.24, 2.45) is 4.99 Å². The molecule has 0 saturated carbocycles. The van der Waals surface area contributed by atoms with Gasteiger partial charge in [-0.2, -0.15) is 0 Å². The highest BCUT2D eigenvalue weighted by Crippen LogP contribution is 2.40. The zero-order chi connectivity index (χ0) is 29.3. The Morgan fingerprint density at radius 2 is 1.80 bits per heavy atom. The Morgan fingerprint density at radius 3 is 2.51 bits per heavy atom. The normalized spacial score (nSPS) is 15.0. The Labute approximate surface area is 249 Å². The lowest BCUT2D eigenvalue weighted by Gasteiger charge is -2.27. The number of rotatable bonds is 8. The highest BCUT2D eigenvalue weighted by molar-refractivity contribution is 9.10. The minimum absolute atomic E-state index is 0.188. The first-order valence-corrected chi connectivity index (χ1v) is 14.7. The molecule has 0 saturated heterocycles. The van der Waals surface area contributed by atoms with E-state index in [1.807, 2.05) is 55.5 Å². The monoisotopic (exact) mass is 636 g/mol. The average Bonchev–Trinajstić information content (AvgIpc) is 3.27. The fourth-order valence-electron chi connectivity index (χ4n) is 5.03. The lowest BCUT2D eigenvalue weighted by Crippen LogP contribution is -2.40. The molecule has 1 atom stereocenters. The summed E-state index contributed by atoms with van der Waals surface area (Å²) in [6, 6.07) is 14.4. The largest absolute Gasteiger partial charge is 0.496 e. The van der Waals surface area contributed by atoms with Gasteiger partial charge in [-0.15, -0.1) is 0 Å². The van der Waals surface area contributed by atoms with Crippen molar-refractivity contribution in [3.05, 3.63) is 95.1 Å². The number of nitrogens with zero attached hydrogens (tertiary/aromatic N) is 2. The number of carbonyl (C=O) groups is 1. The van der Waals surface area contributed by atoms with Crippen LogP contribution in [0, 0.1) is 0 Å². The van der Waals surface area contributed by atoms with E-state index in [0.29, 0.717) is 50.0 Å². The average molecular weight is 638 g/mol. The standard InChI is InChI=1S/C31H29BrN2O6S/c1-6-39-24-16-21(32)19(14-23(24)38-5)15-25-29(35)34-28(26(30(36)40-7-2)17(3)33-31(34)41-25)27-20-11-9-8-10-18(20)12-13-22(27)37-4/h8-16,28H,6-7H2,1-5H3/b25-15+/t28-/m1/s1. The molecule has 0 fully saturated rings. The molecule has 0 unspecified atom stereocenters. The summed E-state index contributed by atoms with van der Waals surface area (Å²) in [5.74, 6) is 1.17. The molecule has 1 aliphatic heterocycles. The molecular weight excluding hydrogens is 608 g/mol. The number of fused-ring (bicyclic) bond motifs is 2. The van der Waals surface area contributed by atoms with E-state index in [-0.39, 0.29) is 12.2 Å². The quantitative estimate of drug-likeness (QED) is 0.249. The van der Waals surface area contributed by atoms with Crippen LogP contribution in [0.15, 0.2) is 74.1 Å². The molecule has 0 amide bonds. The number of hydrogen-bond acceptors (Lipinski definition) is 8. The smallest absolute Gasteiger partial charge is 0.338 e. The van der Waals surface area contributed by atoms with Gasteiger partial charge in [-0.3, -0.25) is 9.36 Å². The molecule has 0 N–H and O–H groups in total. The van der Waals surface area contributed by atoms with E-state index >= 15 is 0 Å². The summed E-state index contributed by atoms with van der Waals surface area (Å²) in [4.78, 5) is 32.8. The third-order valence-electron chi connectivity index (χ3n) is 6.81. The molecule has 1 aromatic heterocycles. The van der Waals surface area contributed by atoms with E-state index < -0.39 is 12.0 Å². The molecule has 0 radical (unpaired) electrons. The number of allylic oxidation sites excluding steroid dienone is 1. The van der Waals surface area contributed by atoms with Gasteiger partial charge >= 0.3 is 5.97 Å². The van der Waals surface area contributed by atoms with Crippen molar-refractivity contribution in [1.82, 2.24) is 4.57 Å². The summed E-state index contributed by atoms with van der Waals surface area (Å²) in [6.07, 6.45) is 1.78. The Morgan fingerprint density at radius 1 is 1.05 bits per heavy atom. The number of esters is 1. The van der Waals surface area contributed by atoms with Gasteiger partial charge in [0, 0.05) is 10.0 Å². The first-order valence-electron chi connectivity index (χ1n) is 13.1. The lowest BCUT2D eigenvalue weighted by atomic mass is 9.90. The highest BCUT2D eigenvalue weighted by atomic mass is 79.9. The van der Waals surface area contributed by atoms with Gasteiger partial charge < -0.3 is 18.9 Å². The van der Waals surface area contributed by atoms with Crippen LogP contribution in [0.1, 0.15) is 37.9 Å². The molecule has 0 spiro atoms. The Hall–Kier alpha value is -3.89. The van der Waals surface area contributed by atoms with E-state index in [0.717, 1.165) is 20.8 Å². The maximum atomic E-state index is 14.2. The van der Waals surface area contributed by atoms with Crippen molar-refractivity contribution in [2.75, 3.05) is 27.4 Å². The van der Waals surface area contributed by atoms with Crippen molar-refractivity contribution < 1.29 is 23.7 Å². The molecule has 3 aromatic carbocycles. The fraction of sp³-hybridized carbons (Fsp3) is 0.258. The van der Waals surface area contributed by atoms with Crippen LogP contribution in [0.3, 0.4) is 0 Å². The van der Waals surface area contributed by atoms with Crippen molar-refractivity contribution in [1.29, 1.82) is 0 Å². The third-order valence-corrected chi connectivity index (χ3v) is 8.48. The summed E-state index contributed by atoms with van der Waals surface area (Å²) in [7, 11) is 3.15. The number of methoxy groups -OCH3 is 2. The van der Waals surface area contributed by atoms with Gasteiger partial charge in [0.1, 0.15) is 11.8 Å². The second-order valence-electron chi connectivity index (χ2n) is 9.16. The Balaban J connectivity index is 1.81. The predicted molar refractivity (Wildman–Crippen MR) is 163 cm³/mol. The van der Waals surface area contributed by atoms with Gasteiger partial charge in [-0.05, 0) is 61.4 Å². The van der Waals surface area contributed by atoms with Gasteiger partial charge in [0.15, 0.2) is 16.3 Å². The van der Waals surface area contributed by atoms with Crippen LogP contribution >= 0.6 is 27.3 Å². The lowest BCUT2D eigenvalue weighted by molar-refractivity contribution is -0.139. The molecule has 8 nitrogen and oxygen atoms in total. The SMILES string of the molecule is CCOC(=O)C1=C(C)N=c2s/c(=C/c3cc(OC)c(OCC)cc3Br)c(=O)n2[C@H]1c1c(OC)ccc2ccccc12. The molecule has 10 heteroatoms. The van der Waals surface area contributed by atoms with Crippen LogP contribution in [-0.4, -0.2) is 38.0 Å². The van der Waals surface area contributed by atoms with Crippen LogP contribution in [-0.2, 0) is 9.53 Å². The van der Waals surface area contributed by atoms with Gasteiger partial charge in [0.25, 0.3) is 5.56 Å². The van der Waals surface area contributed by atoms with Crippen LogP contribution in [0.2, 0.25) is 0 Å². The third kappa shape index (κ3) is 5.17. The summed E-state index contributed by atoms with van der Waals surface area (Å²) in [5, 5.41) is 1.82. The molecule has 0 bridgehead atoms. The van der Waals surface area contributed by atoms with E-state index in [1.165, 1.54) is 11.3 Å². The highest BCUT2D eigenvalue weighted by Gasteiger charge is 2.36. The molecule has 0 aliphatic carbocycles. The van der Waals surface area contributed by atoms with Crippen LogP contribution < -0.4 is 29.1 Å². The van der Waals surface area contributed by atoms with Crippen molar-refractivity contribution in [2.45, 2.75) is 26.8 Å². The maximum Gasteiger partial charge on any atom is 0.338 e. The number of thiazole rings is 1. The number of carbonyl (C=O) groups excluding carboxylic acids is 1. The summed E-state index contributed by atoms with van der Waals surface area (Å²) < 4.78 is 25.2. The Kier molecular flexibility index (Phi) is 8.32. The molecular formula is C31H29BrN2O6S. The number of hydrogen-bond donors (Lipinski definition) is 0. The zero-order valence-corrected chi connectivity index (χ0v) is 25.7. The van der Waals surface area contributed by atoms with Gasteiger partial charge in [0.05, 0.1) is 43.2 Å². The molecule has 212 valence electrons. The van der Waals surface area contributed by atoms with Gasteiger partial charge in [-0.25, -0.2) is 9.79 Å². The van der Waals surface area contributed by atoms with Crippen molar-refractivity contribution in [3.8, 4) is 17.2 Å². The zero-order valence-electron chi connectivity index (χ0n) is 23.3. The number of benzene rings is 3. The second kappa shape index (κ2) is 11.9. The van der Waals surface area contributed by atoms with Crippen molar-refractivity contribution in [3.63, 3.8) is 0 Å². The minimum atomic E-state index is -0.813. The number of ether oxygens (including phenoxy) is 4. The predicted octanol–water partition coefficient (Wildman–Crippen LogP) is 5.13. The van der Waals surface area contributed by atoms with Crippen molar-refractivity contribution >= 4 is 50.1 Å². The van der Waals surface area contributed by atoms with Gasteiger partial charge in [0.2, 0.25) is 0 Å².